The molecule has 1 aliphatic heterocycles. The Bertz CT molecular complexity index is 726. The van der Waals surface area contributed by atoms with Crippen molar-refractivity contribution in [1.82, 2.24) is 15.4 Å². The van der Waals surface area contributed by atoms with Gasteiger partial charge in [0.25, 0.3) is 5.91 Å². The lowest BCUT2D eigenvalue weighted by Gasteiger charge is -2.35. The summed E-state index contributed by atoms with van der Waals surface area (Å²) in [6.07, 6.45) is 3.34. The lowest BCUT2D eigenvalue weighted by atomic mass is 10.2. The number of carbonyl (C=O) groups excluding carboxylic acids is 2. The summed E-state index contributed by atoms with van der Waals surface area (Å²) in [5, 5.41) is 0.837. The number of rotatable bonds is 3. The first-order valence-electron chi connectivity index (χ1n) is 7.05. The van der Waals surface area contributed by atoms with Gasteiger partial charge in [0.1, 0.15) is 11.2 Å². The van der Waals surface area contributed by atoms with Gasteiger partial charge >= 0.3 is 0 Å². The molecule has 2 amide bonds. The van der Waals surface area contributed by atoms with E-state index in [0.29, 0.717) is 23.3 Å². The van der Waals surface area contributed by atoms with Crippen LogP contribution in [0, 0.1) is 5.82 Å². The second-order valence-corrected chi connectivity index (χ2v) is 6.16. The molecule has 1 unspecified atom stereocenters. The predicted molar refractivity (Wildman–Crippen MR) is 84.8 cm³/mol. The Kier molecular flexibility index (Phi) is 4.57. The first-order valence-corrected chi connectivity index (χ1v) is 8.10. The Morgan fingerprint density at radius 1 is 1.30 bits per heavy atom. The van der Waals surface area contributed by atoms with Crippen LogP contribution < -0.4 is 5.43 Å². The SMILES string of the molecule is O=C(NN1C(=O)CCSC1c1cccc(F)c1)c1ccncc1. The van der Waals surface area contributed by atoms with Crippen molar-refractivity contribution in [2.24, 2.45) is 0 Å². The van der Waals surface area contributed by atoms with Gasteiger partial charge in [-0.3, -0.25) is 20.0 Å². The van der Waals surface area contributed by atoms with E-state index in [1.165, 1.54) is 41.3 Å². The molecule has 1 aliphatic rings. The molecular weight excluding hydrogens is 317 g/mol. The molecule has 0 aliphatic carbocycles. The molecule has 0 saturated carbocycles. The van der Waals surface area contributed by atoms with Crippen molar-refractivity contribution in [2.75, 3.05) is 5.75 Å². The Morgan fingerprint density at radius 2 is 2.09 bits per heavy atom. The number of carbonyl (C=O) groups is 2. The van der Waals surface area contributed by atoms with E-state index < -0.39 is 11.3 Å². The number of halogens is 1. The molecule has 1 aromatic heterocycles. The van der Waals surface area contributed by atoms with Crippen LogP contribution in [-0.2, 0) is 4.79 Å². The summed E-state index contributed by atoms with van der Waals surface area (Å²) in [4.78, 5) is 28.4. The summed E-state index contributed by atoms with van der Waals surface area (Å²) < 4.78 is 13.5. The van der Waals surface area contributed by atoms with E-state index in [1.807, 2.05) is 0 Å². The average Bonchev–Trinajstić information content (AvgIpc) is 2.57. The molecule has 7 heteroatoms. The fraction of sp³-hybridized carbons (Fsp3) is 0.188. The molecule has 0 bridgehead atoms. The molecule has 1 aromatic carbocycles. The summed E-state index contributed by atoms with van der Waals surface area (Å²) >= 11 is 1.49. The molecular formula is C16H14FN3O2S. The topological polar surface area (TPSA) is 62.3 Å². The Morgan fingerprint density at radius 3 is 2.83 bits per heavy atom. The smallest absolute Gasteiger partial charge is 0.270 e. The zero-order valence-electron chi connectivity index (χ0n) is 12.1. The summed E-state index contributed by atoms with van der Waals surface area (Å²) in [5.41, 5.74) is 3.67. The molecule has 1 atom stereocenters. The van der Waals surface area contributed by atoms with Crippen molar-refractivity contribution >= 4 is 23.6 Å². The number of nitrogens with one attached hydrogen (secondary N) is 1. The summed E-state index contributed by atoms with van der Waals surface area (Å²) in [5.74, 6) is -0.339. The highest BCUT2D eigenvalue weighted by Crippen LogP contribution is 2.36. The van der Waals surface area contributed by atoms with Gasteiger partial charge in [-0.25, -0.2) is 9.40 Å². The van der Waals surface area contributed by atoms with Gasteiger partial charge < -0.3 is 0 Å². The third-order valence-corrected chi connectivity index (χ3v) is 4.63. The fourth-order valence-corrected chi connectivity index (χ4v) is 3.46. The largest absolute Gasteiger partial charge is 0.273 e. The van der Waals surface area contributed by atoms with E-state index in [9.17, 15) is 14.0 Å². The highest BCUT2D eigenvalue weighted by atomic mass is 32.2. The minimum atomic E-state index is -0.447. The number of hydrogen-bond acceptors (Lipinski definition) is 4. The van der Waals surface area contributed by atoms with Gasteiger partial charge in [0.05, 0.1) is 0 Å². The van der Waals surface area contributed by atoms with Crippen molar-refractivity contribution in [3.05, 3.63) is 65.7 Å². The first-order chi connectivity index (χ1) is 11.1. The molecule has 2 aromatic rings. The molecule has 0 spiro atoms. The van der Waals surface area contributed by atoms with Gasteiger partial charge in [0, 0.05) is 30.1 Å². The van der Waals surface area contributed by atoms with Gasteiger partial charge in [0.15, 0.2) is 0 Å². The van der Waals surface area contributed by atoms with E-state index in [1.54, 1.807) is 24.3 Å². The third-order valence-electron chi connectivity index (χ3n) is 3.39. The zero-order chi connectivity index (χ0) is 16.2. The van der Waals surface area contributed by atoms with E-state index in [2.05, 4.69) is 10.4 Å². The quantitative estimate of drug-likeness (QED) is 0.939. The van der Waals surface area contributed by atoms with Crippen molar-refractivity contribution in [2.45, 2.75) is 11.8 Å². The van der Waals surface area contributed by atoms with Crippen molar-refractivity contribution in [1.29, 1.82) is 0 Å². The second-order valence-electron chi connectivity index (χ2n) is 4.97. The van der Waals surface area contributed by atoms with Crippen LogP contribution in [0.2, 0.25) is 0 Å². The molecule has 1 N–H and O–H groups in total. The average molecular weight is 331 g/mol. The van der Waals surface area contributed by atoms with Gasteiger partial charge in [0.2, 0.25) is 5.91 Å². The number of amides is 2. The molecule has 23 heavy (non-hydrogen) atoms. The molecule has 2 heterocycles. The maximum Gasteiger partial charge on any atom is 0.270 e. The van der Waals surface area contributed by atoms with Crippen molar-refractivity contribution in [3.8, 4) is 0 Å². The monoisotopic (exact) mass is 331 g/mol. The minimum Gasteiger partial charge on any atom is -0.273 e. The van der Waals surface area contributed by atoms with E-state index >= 15 is 0 Å². The van der Waals surface area contributed by atoms with E-state index in [0.717, 1.165) is 0 Å². The van der Waals surface area contributed by atoms with Crippen LogP contribution in [0.4, 0.5) is 4.39 Å². The second kappa shape index (κ2) is 6.78. The first kappa shape index (κ1) is 15.5. The molecule has 1 saturated heterocycles. The number of pyridine rings is 1. The normalized spacial score (nSPS) is 17.9. The number of benzene rings is 1. The number of thioether (sulfide) groups is 1. The van der Waals surface area contributed by atoms with Gasteiger partial charge in [-0.15, -0.1) is 11.8 Å². The number of hydrogen-bond donors (Lipinski definition) is 1. The van der Waals surface area contributed by atoms with Crippen LogP contribution in [0.25, 0.3) is 0 Å². The van der Waals surface area contributed by atoms with Gasteiger partial charge in [-0.1, -0.05) is 12.1 Å². The Hall–Kier alpha value is -2.41. The summed E-state index contributed by atoms with van der Waals surface area (Å²) in [6, 6.07) is 9.18. The summed E-state index contributed by atoms with van der Waals surface area (Å²) in [6.45, 7) is 0. The van der Waals surface area contributed by atoms with Crippen LogP contribution in [0.5, 0.6) is 0 Å². The Labute approximate surface area is 136 Å². The van der Waals surface area contributed by atoms with Crippen LogP contribution in [0.1, 0.15) is 27.7 Å². The number of hydrazine groups is 1. The standard InChI is InChI=1S/C16H14FN3O2S/c17-13-3-1-2-12(10-13)16-20(14(21)6-9-23-16)19-15(22)11-4-7-18-8-5-11/h1-5,7-8,10,16H,6,9H2,(H,19,22). The lowest BCUT2D eigenvalue weighted by Crippen LogP contribution is -2.49. The molecule has 0 radical (unpaired) electrons. The van der Waals surface area contributed by atoms with Gasteiger partial charge in [-0.05, 0) is 29.8 Å². The van der Waals surface area contributed by atoms with Crippen molar-refractivity contribution in [3.63, 3.8) is 0 Å². The van der Waals surface area contributed by atoms with E-state index in [4.69, 9.17) is 0 Å². The molecule has 118 valence electrons. The third kappa shape index (κ3) is 3.50. The van der Waals surface area contributed by atoms with Crippen LogP contribution in [-0.4, -0.2) is 27.6 Å². The fourth-order valence-electron chi connectivity index (χ4n) is 2.29. The number of nitrogens with zero attached hydrogens (tertiary/aromatic N) is 2. The van der Waals surface area contributed by atoms with Gasteiger partial charge in [-0.2, -0.15) is 0 Å². The summed E-state index contributed by atoms with van der Waals surface area (Å²) in [7, 11) is 0. The van der Waals surface area contributed by atoms with Crippen LogP contribution in [0.15, 0.2) is 48.8 Å². The highest BCUT2D eigenvalue weighted by Gasteiger charge is 2.31. The molecule has 5 nitrogen and oxygen atoms in total. The molecule has 1 fully saturated rings. The minimum absolute atomic E-state index is 0.194. The predicted octanol–water partition coefficient (Wildman–Crippen LogP) is 2.53. The van der Waals surface area contributed by atoms with Crippen LogP contribution >= 0.6 is 11.8 Å². The molecule has 3 rings (SSSR count). The van der Waals surface area contributed by atoms with E-state index in [-0.39, 0.29) is 11.7 Å². The maximum absolute atomic E-state index is 13.5. The zero-order valence-corrected chi connectivity index (χ0v) is 12.9. The lowest BCUT2D eigenvalue weighted by molar-refractivity contribution is -0.134. The van der Waals surface area contributed by atoms with Crippen LogP contribution in [0.3, 0.4) is 0 Å². The highest BCUT2D eigenvalue weighted by molar-refractivity contribution is 7.99. The number of aromatic nitrogens is 1. The van der Waals surface area contributed by atoms with Crippen molar-refractivity contribution < 1.29 is 14.0 Å². The Balaban J connectivity index is 1.84. The maximum atomic E-state index is 13.5.